The van der Waals surface area contributed by atoms with Crippen LogP contribution < -0.4 is 10.6 Å². The second kappa shape index (κ2) is 7.59. The second-order valence-electron chi connectivity index (χ2n) is 8.63. The van der Waals surface area contributed by atoms with E-state index in [1.165, 1.54) is 4.31 Å². The van der Waals surface area contributed by atoms with Gasteiger partial charge in [0, 0.05) is 43.2 Å². The summed E-state index contributed by atoms with van der Waals surface area (Å²) in [5.74, 6) is 0.292. The molecule has 11 heteroatoms. The molecular weight excluding hydrogens is 432 g/mol. The lowest BCUT2D eigenvalue weighted by molar-refractivity contribution is -0.123. The highest BCUT2D eigenvalue weighted by Crippen LogP contribution is 2.38. The SMILES string of the molecule is CC[C@]1(CS(=O)(=O)N2CCc3cc(-c4cnc(C5CC5)nc4)ncc3C2)NC(=O)NC1=O. The van der Waals surface area contributed by atoms with Gasteiger partial charge in [0.15, 0.2) is 0 Å². The van der Waals surface area contributed by atoms with Gasteiger partial charge in [-0.15, -0.1) is 0 Å². The van der Waals surface area contributed by atoms with Crippen LogP contribution in [-0.2, 0) is 27.8 Å². The summed E-state index contributed by atoms with van der Waals surface area (Å²) in [4.78, 5) is 37.2. The molecule has 32 heavy (non-hydrogen) atoms. The van der Waals surface area contributed by atoms with Crippen molar-refractivity contribution in [2.24, 2.45) is 0 Å². The molecule has 10 nitrogen and oxygen atoms in total. The minimum Gasteiger partial charge on any atom is -0.322 e. The van der Waals surface area contributed by atoms with Crippen molar-refractivity contribution >= 4 is 22.0 Å². The molecule has 1 aliphatic carbocycles. The standard InChI is InChI=1S/C21H24N6O4S/c1-2-21(19(28)25-20(29)26-21)12-32(30,31)27-6-5-14-7-17(22-10-16(14)11-27)15-8-23-18(24-9-15)13-3-4-13/h7-10,13H,2-6,11-12H2,1H3,(H2,25,26,28,29)/t21-/m1/s1. The topological polar surface area (TPSA) is 134 Å². The normalized spacial score (nSPS) is 23.5. The van der Waals surface area contributed by atoms with E-state index in [0.29, 0.717) is 18.9 Å². The highest BCUT2D eigenvalue weighted by molar-refractivity contribution is 7.89. The Hall–Kier alpha value is -2.92. The zero-order chi connectivity index (χ0) is 22.5. The molecule has 5 rings (SSSR count). The van der Waals surface area contributed by atoms with E-state index in [2.05, 4.69) is 25.6 Å². The predicted molar refractivity (Wildman–Crippen MR) is 115 cm³/mol. The average molecular weight is 457 g/mol. The molecule has 3 amide bonds. The number of sulfonamides is 1. The molecule has 0 aromatic carbocycles. The van der Waals surface area contributed by atoms with Crippen molar-refractivity contribution in [3.8, 4) is 11.3 Å². The zero-order valence-electron chi connectivity index (χ0n) is 17.7. The van der Waals surface area contributed by atoms with Gasteiger partial charge in [-0.25, -0.2) is 23.2 Å². The van der Waals surface area contributed by atoms with Crippen LogP contribution in [0, 0.1) is 0 Å². The van der Waals surface area contributed by atoms with Crippen LogP contribution in [0.15, 0.2) is 24.7 Å². The smallest absolute Gasteiger partial charge is 0.322 e. The Bertz CT molecular complexity index is 1200. The number of aromatic nitrogens is 3. The lowest BCUT2D eigenvalue weighted by Gasteiger charge is -2.32. The summed E-state index contributed by atoms with van der Waals surface area (Å²) >= 11 is 0. The van der Waals surface area contributed by atoms with E-state index in [4.69, 9.17) is 0 Å². The highest BCUT2D eigenvalue weighted by atomic mass is 32.2. The van der Waals surface area contributed by atoms with Crippen molar-refractivity contribution < 1.29 is 18.0 Å². The minimum absolute atomic E-state index is 0.178. The summed E-state index contributed by atoms with van der Waals surface area (Å²) in [6.07, 6.45) is 8.28. The first kappa shape index (κ1) is 21.0. The van der Waals surface area contributed by atoms with Gasteiger partial charge in [0.2, 0.25) is 10.0 Å². The average Bonchev–Trinajstić information content (AvgIpc) is 3.59. The second-order valence-corrected chi connectivity index (χ2v) is 10.6. The zero-order valence-corrected chi connectivity index (χ0v) is 18.5. The molecule has 2 N–H and O–H groups in total. The number of imide groups is 1. The van der Waals surface area contributed by atoms with Crippen LogP contribution in [0.5, 0.6) is 0 Å². The lowest BCUT2D eigenvalue weighted by Crippen LogP contribution is -2.54. The number of urea groups is 1. The first-order valence-corrected chi connectivity index (χ1v) is 12.3. The van der Waals surface area contributed by atoms with Crippen molar-refractivity contribution in [3.05, 3.63) is 41.6 Å². The van der Waals surface area contributed by atoms with Crippen LogP contribution in [-0.4, -0.2) is 57.4 Å². The molecule has 2 aliphatic heterocycles. The van der Waals surface area contributed by atoms with Gasteiger partial charge in [-0.05, 0) is 42.9 Å². The lowest BCUT2D eigenvalue weighted by atomic mass is 10.00. The van der Waals surface area contributed by atoms with Crippen LogP contribution >= 0.6 is 0 Å². The number of rotatable bonds is 6. The number of pyridine rings is 1. The summed E-state index contributed by atoms with van der Waals surface area (Å²) in [6.45, 7) is 2.15. The van der Waals surface area contributed by atoms with Crippen LogP contribution in [0.25, 0.3) is 11.3 Å². The highest BCUT2D eigenvalue weighted by Gasteiger charge is 2.49. The molecule has 0 spiro atoms. The molecule has 1 saturated heterocycles. The van der Waals surface area contributed by atoms with Crippen molar-refractivity contribution in [1.29, 1.82) is 0 Å². The number of hydrogen-bond donors (Lipinski definition) is 2. The number of fused-ring (bicyclic) bond motifs is 1. The summed E-state index contributed by atoms with van der Waals surface area (Å²) in [5, 5.41) is 4.63. The molecule has 3 aliphatic rings. The Balaban J connectivity index is 1.33. The van der Waals surface area contributed by atoms with Gasteiger partial charge in [0.05, 0.1) is 11.4 Å². The van der Waals surface area contributed by atoms with E-state index >= 15 is 0 Å². The summed E-state index contributed by atoms with van der Waals surface area (Å²) in [6, 6.07) is 1.30. The molecule has 1 saturated carbocycles. The van der Waals surface area contributed by atoms with Crippen LogP contribution in [0.4, 0.5) is 4.79 Å². The summed E-state index contributed by atoms with van der Waals surface area (Å²) < 4.78 is 27.6. The molecule has 0 unspecified atom stereocenters. The number of nitrogens with one attached hydrogen (secondary N) is 2. The Morgan fingerprint density at radius 1 is 1.12 bits per heavy atom. The van der Waals surface area contributed by atoms with Gasteiger partial charge >= 0.3 is 6.03 Å². The maximum absolute atomic E-state index is 13.1. The number of hydrogen-bond acceptors (Lipinski definition) is 7. The van der Waals surface area contributed by atoms with Gasteiger partial charge < -0.3 is 5.32 Å². The third-order valence-corrected chi connectivity index (χ3v) is 8.37. The quantitative estimate of drug-likeness (QED) is 0.622. The molecule has 1 atom stereocenters. The molecule has 2 aromatic rings. The fourth-order valence-electron chi connectivity index (χ4n) is 4.22. The Kier molecular flexibility index (Phi) is 4.97. The van der Waals surface area contributed by atoms with E-state index in [1.807, 2.05) is 6.07 Å². The molecule has 2 fully saturated rings. The van der Waals surface area contributed by atoms with Crippen LogP contribution in [0.2, 0.25) is 0 Å². The van der Waals surface area contributed by atoms with E-state index < -0.39 is 33.3 Å². The molecule has 0 bridgehead atoms. The third kappa shape index (κ3) is 3.75. The van der Waals surface area contributed by atoms with Gasteiger partial charge in [0.1, 0.15) is 11.4 Å². The van der Waals surface area contributed by atoms with E-state index in [1.54, 1.807) is 25.5 Å². The fraction of sp³-hybridized carbons (Fsp3) is 0.476. The molecular formula is C21H24N6O4S. The fourth-order valence-corrected chi connectivity index (χ4v) is 6.13. The van der Waals surface area contributed by atoms with Crippen molar-refractivity contribution in [2.75, 3.05) is 12.3 Å². The maximum atomic E-state index is 13.1. The largest absolute Gasteiger partial charge is 0.322 e. The Labute approximate surface area is 185 Å². The van der Waals surface area contributed by atoms with Gasteiger partial charge in [0.25, 0.3) is 5.91 Å². The third-order valence-electron chi connectivity index (χ3n) is 6.41. The van der Waals surface area contributed by atoms with Crippen molar-refractivity contribution in [3.63, 3.8) is 0 Å². The van der Waals surface area contributed by atoms with Crippen LogP contribution in [0.1, 0.15) is 49.1 Å². The number of carbonyl (C=O) groups excluding carboxylic acids is 2. The number of carbonyl (C=O) groups is 2. The Morgan fingerprint density at radius 2 is 1.88 bits per heavy atom. The van der Waals surface area contributed by atoms with Crippen molar-refractivity contribution in [1.82, 2.24) is 29.9 Å². The molecule has 4 heterocycles. The molecule has 2 aromatic heterocycles. The van der Waals surface area contributed by atoms with Gasteiger partial charge in [-0.3, -0.25) is 15.1 Å². The first-order valence-electron chi connectivity index (χ1n) is 10.7. The van der Waals surface area contributed by atoms with E-state index in [0.717, 1.165) is 41.1 Å². The monoisotopic (exact) mass is 456 g/mol. The van der Waals surface area contributed by atoms with E-state index in [-0.39, 0.29) is 13.0 Å². The molecule has 168 valence electrons. The molecule has 0 radical (unpaired) electrons. The van der Waals surface area contributed by atoms with Gasteiger partial charge in [-0.1, -0.05) is 6.92 Å². The number of amides is 3. The summed E-state index contributed by atoms with van der Waals surface area (Å²) in [5.41, 5.74) is 2.01. The van der Waals surface area contributed by atoms with Crippen molar-refractivity contribution in [2.45, 2.75) is 50.6 Å². The summed E-state index contributed by atoms with van der Waals surface area (Å²) in [7, 11) is -3.80. The minimum atomic E-state index is -3.80. The first-order chi connectivity index (χ1) is 15.3. The predicted octanol–water partition coefficient (Wildman–Crippen LogP) is 1.09. The maximum Gasteiger partial charge on any atom is 0.322 e. The van der Waals surface area contributed by atoms with Gasteiger partial charge in [-0.2, -0.15) is 4.31 Å². The number of nitrogens with zero attached hydrogens (tertiary/aromatic N) is 4. The van der Waals surface area contributed by atoms with Crippen LogP contribution in [0.3, 0.4) is 0 Å². The van der Waals surface area contributed by atoms with E-state index in [9.17, 15) is 18.0 Å². The Morgan fingerprint density at radius 3 is 2.50 bits per heavy atom.